The van der Waals surface area contributed by atoms with Gasteiger partial charge >= 0.3 is 0 Å². The Balaban J connectivity index is 1.44. The van der Waals surface area contributed by atoms with E-state index in [0.717, 1.165) is 36.2 Å². The molecule has 0 fully saturated rings. The zero-order chi connectivity index (χ0) is 14.8. The Morgan fingerprint density at radius 1 is 1.27 bits per heavy atom. The van der Waals surface area contributed by atoms with Gasteiger partial charge in [-0.1, -0.05) is 18.2 Å². The zero-order valence-corrected chi connectivity index (χ0v) is 12.2. The quantitative estimate of drug-likeness (QED) is 0.797. The smallest absolute Gasteiger partial charge is 0.226 e. The monoisotopic (exact) mass is 295 g/mol. The van der Waals surface area contributed by atoms with Crippen LogP contribution < -0.4 is 0 Å². The van der Waals surface area contributed by atoms with Gasteiger partial charge in [0.05, 0.1) is 24.6 Å². The van der Waals surface area contributed by atoms with E-state index >= 15 is 0 Å². The first-order chi connectivity index (χ1) is 10.9. The second-order valence-corrected chi connectivity index (χ2v) is 5.51. The van der Waals surface area contributed by atoms with Gasteiger partial charge in [-0.25, -0.2) is 4.98 Å². The van der Waals surface area contributed by atoms with E-state index in [9.17, 15) is 0 Å². The van der Waals surface area contributed by atoms with Crippen LogP contribution in [0.3, 0.4) is 0 Å². The molecule has 1 atom stereocenters. The van der Waals surface area contributed by atoms with Gasteiger partial charge in [0, 0.05) is 5.56 Å². The lowest BCUT2D eigenvalue weighted by Crippen LogP contribution is -2.12. The Hall–Kier alpha value is -2.40. The van der Waals surface area contributed by atoms with Crippen LogP contribution in [-0.4, -0.2) is 15.2 Å². The van der Waals surface area contributed by atoms with Crippen molar-refractivity contribution < 1.29 is 9.15 Å². The van der Waals surface area contributed by atoms with Crippen LogP contribution >= 0.6 is 0 Å². The van der Waals surface area contributed by atoms with Crippen LogP contribution in [0.2, 0.25) is 0 Å². The van der Waals surface area contributed by atoms with Gasteiger partial charge in [-0.2, -0.15) is 5.10 Å². The van der Waals surface area contributed by atoms with Crippen molar-refractivity contribution in [3.05, 3.63) is 59.7 Å². The summed E-state index contributed by atoms with van der Waals surface area (Å²) in [7, 11) is 0. The maximum Gasteiger partial charge on any atom is 0.226 e. The summed E-state index contributed by atoms with van der Waals surface area (Å²) in [5.41, 5.74) is 4.16. The molecule has 0 spiro atoms. The van der Waals surface area contributed by atoms with E-state index in [1.165, 1.54) is 5.56 Å². The van der Waals surface area contributed by atoms with Gasteiger partial charge in [0.25, 0.3) is 0 Å². The van der Waals surface area contributed by atoms with Crippen molar-refractivity contribution in [1.29, 1.82) is 0 Å². The molecule has 0 unspecified atom stereocenters. The number of oxazole rings is 1. The minimum absolute atomic E-state index is 0.0723. The number of benzene rings is 1. The van der Waals surface area contributed by atoms with Gasteiger partial charge < -0.3 is 9.15 Å². The predicted molar refractivity (Wildman–Crippen MR) is 81.0 cm³/mol. The van der Waals surface area contributed by atoms with Gasteiger partial charge in [-0.15, -0.1) is 0 Å². The third-order valence-corrected chi connectivity index (χ3v) is 3.99. The summed E-state index contributed by atoms with van der Waals surface area (Å²) < 4.78 is 11.5. The van der Waals surface area contributed by atoms with Crippen LogP contribution in [0.15, 0.2) is 47.2 Å². The van der Waals surface area contributed by atoms with Crippen molar-refractivity contribution in [1.82, 2.24) is 15.2 Å². The zero-order valence-electron chi connectivity index (χ0n) is 12.2. The van der Waals surface area contributed by atoms with Crippen molar-refractivity contribution >= 4 is 0 Å². The maximum absolute atomic E-state index is 6.01. The summed E-state index contributed by atoms with van der Waals surface area (Å²) >= 11 is 0. The van der Waals surface area contributed by atoms with Gasteiger partial charge in [-0.05, 0) is 37.0 Å². The molecule has 0 saturated heterocycles. The number of nitrogens with zero attached hydrogens (tertiary/aromatic N) is 2. The number of nitrogens with one attached hydrogen (secondary N) is 1. The van der Waals surface area contributed by atoms with E-state index < -0.39 is 0 Å². The average Bonchev–Trinajstić information content (AvgIpc) is 3.23. The molecule has 1 N–H and O–H groups in total. The van der Waals surface area contributed by atoms with E-state index in [2.05, 4.69) is 15.2 Å². The normalized spacial score (nSPS) is 17.4. The Kier molecular flexibility index (Phi) is 3.48. The molecule has 2 heterocycles. The molecule has 3 aromatic rings. The molecule has 0 radical (unpaired) electrons. The van der Waals surface area contributed by atoms with Gasteiger partial charge in [0.2, 0.25) is 5.89 Å². The highest BCUT2D eigenvalue weighted by molar-refractivity contribution is 5.52. The molecule has 1 aliphatic rings. The summed E-state index contributed by atoms with van der Waals surface area (Å²) in [4.78, 5) is 4.49. The van der Waals surface area contributed by atoms with Crippen LogP contribution in [0.25, 0.3) is 11.5 Å². The molecule has 1 aromatic carbocycles. The van der Waals surface area contributed by atoms with Crippen LogP contribution in [0.1, 0.15) is 35.9 Å². The number of aryl methyl sites for hydroxylation is 1. The second kappa shape index (κ2) is 5.77. The van der Waals surface area contributed by atoms with Crippen molar-refractivity contribution in [2.75, 3.05) is 0 Å². The molecule has 1 aliphatic carbocycles. The summed E-state index contributed by atoms with van der Waals surface area (Å²) in [6, 6.07) is 9.87. The van der Waals surface area contributed by atoms with Crippen LogP contribution in [-0.2, 0) is 17.8 Å². The molecule has 0 saturated carbocycles. The number of aromatic nitrogens is 3. The third kappa shape index (κ3) is 2.55. The summed E-state index contributed by atoms with van der Waals surface area (Å²) in [6.45, 7) is 0.444. The molecule has 0 aliphatic heterocycles. The molecule has 5 heteroatoms. The lowest BCUT2D eigenvalue weighted by molar-refractivity contribution is 0.0237. The second-order valence-electron chi connectivity index (χ2n) is 5.51. The van der Waals surface area contributed by atoms with Gasteiger partial charge in [0.15, 0.2) is 0 Å². The van der Waals surface area contributed by atoms with Crippen LogP contribution in [0.4, 0.5) is 0 Å². The molecular weight excluding hydrogens is 278 g/mol. The van der Waals surface area contributed by atoms with Crippen molar-refractivity contribution in [3.8, 4) is 11.5 Å². The Bertz CT molecular complexity index is 748. The van der Waals surface area contributed by atoms with Crippen molar-refractivity contribution in [2.45, 2.75) is 32.0 Å². The first-order valence-electron chi connectivity index (χ1n) is 7.54. The number of hydrogen-bond donors (Lipinski definition) is 1. The van der Waals surface area contributed by atoms with Crippen LogP contribution in [0.5, 0.6) is 0 Å². The SMILES string of the molecule is c1ccc(-c2nc(CO[C@@H]3CCCc4cn[nH]c43)co2)cc1. The number of fused-ring (bicyclic) bond motifs is 1. The average molecular weight is 295 g/mol. The molecule has 4 rings (SSSR count). The van der Waals surface area contributed by atoms with Gasteiger partial charge in [0.1, 0.15) is 12.0 Å². The van der Waals surface area contributed by atoms with E-state index in [1.807, 2.05) is 36.5 Å². The van der Waals surface area contributed by atoms with E-state index in [-0.39, 0.29) is 6.10 Å². The molecule has 5 nitrogen and oxygen atoms in total. The molecule has 2 aromatic heterocycles. The Labute approximate surface area is 128 Å². The molecule has 0 bridgehead atoms. The van der Waals surface area contributed by atoms with E-state index in [1.54, 1.807) is 6.26 Å². The summed E-state index contributed by atoms with van der Waals surface area (Å²) in [5, 5.41) is 7.17. The van der Waals surface area contributed by atoms with E-state index in [4.69, 9.17) is 9.15 Å². The highest BCUT2D eigenvalue weighted by Crippen LogP contribution is 2.31. The van der Waals surface area contributed by atoms with Crippen molar-refractivity contribution in [2.24, 2.45) is 0 Å². The number of rotatable bonds is 4. The number of hydrogen-bond acceptors (Lipinski definition) is 4. The Morgan fingerprint density at radius 3 is 3.09 bits per heavy atom. The number of H-pyrrole nitrogens is 1. The fourth-order valence-corrected chi connectivity index (χ4v) is 2.86. The standard InChI is InChI=1S/C17H17N3O2/c1-2-5-12(6-3-1)17-19-14(11-22-17)10-21-15-8-4-7-13-9-18-20-16(13)15/h1-3,5-6,9,11,15H,4,7-8,10H2,(H,18,20)/t15-/m1/s1. The lowest BCUT2D eigenvalue weighted by Gasteiger charge is -2.21. The fraction of sp³-hybridized carbons (Fsp3) is 0.294. The molecule has 0 amide bonds. The number of ether oxygens (including phenoxy) is 1. The third-order valence-electron chi connectivity index (χ3n) is 3.99. The summed E-state index contributed by atoms with van der Waals surface area (Å²) in [6.07, 6.45) is 6.86. The molecule has 22 heavy (non-hydrogen) atoms. The maximum atomic E-state index is 6.01. The topological polar surface area (TPSA) is 63.9 Å². The Morgan fingerprint density at radius 2 is 2.18 bits per heavy atom. The van der Waals surface area contributed by atoms with Gasteiger partial charge in [-0.3, -0.25) is 5.10 Å². The highest BCUT2D eigenvalue weighted by atomic mass is 16.5. The lowest BCUT2D eigenvalue weighted by atomic mass is 9.96. The van der Waals surface area contributed by atoms with Crippen LogP contribution in [0, 0.1) is 0 Å². The largest absolute Gasteiger partial charge is 0.444 e. The highest BCUT2D eigenvalue weighted by Gasteiger charge is 2.23. The fourth-order valence-electron chi connectivity index (χ4n) is 2.86. The number of aromatic amines is 1. The predicted octanol–water partition coefficient (Wildman–Crippen LogP) is 3.66. The summed E-state index contributed by atoms with van der Waals surface area (Å²) in [5.74, 6) is 0.630. The molecule has 112 valence electrons. The first-order valence-corrected chi connectivity index (χ1v) is 7.54. The minimum atomic E-state index is 0.0723. The minimum Gasteiger partial charge on any atom is -0.444 e. The first kappa shape index (κ1) is 13.3. The molecular formula is C17H17N3O2. The van der Waals surface area contributed by atoms with E-state index in [0.29, 0.717) is 12.5 Å². The van der Waals surface area contributed by atoms with Crippen molar-refractivity contribution in [3.63, 3.8) is 0 Å².